The van der Waals surface area contributed by atoms with Gasteiger partial charge in [-0.1, -0.05) is 13.8 Å². The molecule has 1 aliphatic carbocycles. The van der Waals surface area contributed by atoms with Crippen molar-refractivity contribution in [3.05, 3.63) is 11.8 Å². The highest BCUT2D eigenvalue weighted by Gasteiger charge is 2.65. The number of anilines is 1. The number of nitrogens with zero attached hydrogens (tertiary/aromatic N) is 2. The van der Waals surface area contributed by atoms with Crippen molar-refractivity contribution in [3.63, 3.8) is 0 Å². The minimum Gasteiger partial charge on any atom is -0.481 e. The molecular weight excluding hydrogens is 258 g/mol. The molecule has 1 saturated carbocycles. The smallest absolute Gasteiger partial charge is 0.307 e. The van der Waals surface area contributed by atoms with Crippen LogP contribution >= 0.6 is 0 Å². The second-order valence-electron chi connectivity index (χ2n) is 6.31. The first-order chi connectivity index (χ1) is 9.16. The van der Waals surface area contributed by atoms with Crippen LogP contribution in [0.2, 0.25) is 0 Å². The summed E-state index contributed by atoms with van der Waals surface area (Å²) in [5.41, 5.74) is 0.464. The van der Waals surface area contributed by atoms with Gasteiger partial charge in [-0.3, -0.25) is 14.3 Å². The summed E-state index contributed by atoms with van der Waals surface area (Å²) in [5.74, 6) is -1.82. The first kappa shape index (κ1) is 14.6. The van der Waals surface area contributed by atoms with Crippen LogP contribution in [0.5, 0.6) is 0 Å². The number of nitrogens with one attached hydrogen (secondary N) is 1. The molecule has 1 fully saturated rings. The Morgan fingerprint density at radius 2 is 2.00 bits per heavy atom. The van der Waals surface area contributed by atoms with Gasteiger partial charge in [0.05, 0.1) is 11.8 Å². The predicted octanol–water partition coefficient (Wildman–Crippen LogP) is 2.07. The Balaban J connectivity index is 2.10. The van der Waals surface area contributed by atoms with Crippen molar-refractivity contribution >= 4 is 17.7 Å². The molecule has 1 aromatic rings. The third kappa shape index (κ3) is 2.30. The minimum atomic E-state index is -0.918. The maximum Gasteiger partial charge on any atom is 0.307 e. The molecule has 0 saturated heterocycles. The van der Waals surface area contributed by atoms with E-state index in [9.17, 15) is 9.59 Å². The van der Waals surface area contributed by atoms with Gasteiger partial charge in [0.15, 0.2) is 5.82 Å². The fourth-order valence-corrected chi connectivity index (χ4v) is 2.86. The number of carbonyl (C=O) groups is 2. The van der Waals surface area contributed by atoms with E-state index in [2.05, 4.69) is 10.4 Å². The molecule has 20 heavy (non-hydrogen) atoms. The highest BCUT2D eigenvalue weighted by molar-refractivity contribution is 5.99. The summed E-state index contributed by atoms with van der Waals surface area (Å²) < 4.78 is 1.82. The van der Waals surface area contributed by atoms with Crippen molar-refractivity contribution in [2.45, 2.75) is 40.7 Å². The Hall–Kier alpha value is -1.85. The van der Waals surface area contributed by atoms with E-state index in [0.29, 0.717) is 5.82 Å². The number of aliphatic carboxylic acids is 1. The molecule has 0 radical (unpaired) electrons. The fraction of sp³-hybridized carbons (Fsp3) is 0.643. The number of hydrogen-bond donors (Lipinski definition) is 2. The highest BCUT2D eigenvalue weighted by atomic mass is 16.4. The van der Waals surface area contributed by atoms with Gasteiger partial charge in [0.25, 0.3) is 0 Å². The van der Waals surface area contributed by atoms with Gasteiger partial charge in [0.2, 0.25) is 5.91 Å². The molecule has 1 aromatic heterocycles. The summed E-state index contributed by atoms with van der Waals surface area (Å²) in [4.78, 5) is 23.3. The normalized spacial score (nSPS) is 23.7. The number of rotatable bonds is 4. The summed E-state index contributed by atoms with van der Waals surface area (Å²) in [6, 6.07) is 2.01. The monoisotopic (exact) mass is 279 g/mol. The van der Waals surface area contributed by atoms with E-state index in [4.69, 9.17) is 5.11 Å². The van der Waals surface area contributed by atoms with Crippen LogP contribution in [0.4, 0.5) is 5.82 Å². The van der Waals surface area contributed by atoms with Crippen LogP contribution in [0.15, 0.2) is 6.07 Å². The molecule has 1 heterocycles. The Labute approximate surface area is 118 Å². The number of aryl methyl sites for hydroxylation is 1. The molecule has 0 bridgehead atoms. The summed E-state index contributed by atoms with van der Waals surface area (Å²) in [7, 11) is 0. The van der Waals surface area contributed by atoms with Crippen molar-refractivity contribution < 1.29 is 14.7 Å². The Morgan fingerprint density at radius 3 is 2.40 bits per heavy atom. The fourth-order valence-electron chi connectivity index (χ4n) is 2.86. The summed E-state index contributed by atoms with van der Waals surface area (Å²) in [5, 5.41) is 16.1. The minimum absolute atomic E-state index is 0.213. The Bertz CT molecular complexity index is 560. The van der Waals surface area contributed by atoms with Crippen LogP contribution in [0.25, 0.3) is 0 Å². The molecule has 0 aliphatic heterocycles. The van der Waals surface area contributed by atoms with Crippen LogP contribution in [0, 0.1) is 24.2 Å². The van der Waals surface area contributed by atoms with E-state index in [1.165, 1.54) is 0 Å². The number of aromatic nitrogens is 2. The van der Waals surface area contributed by atoms with E-state index >= 15 is 0 Å². The van der Waals surface area contributed by atoms with Gasteiger partial charge >= 0.3 is 5.97 Å². The van der Waals surface area contributed by atoms with Crippen molar-refractivity contribution in [1.29, 1.82) is 0 Å². The van der Waals surface area contributed by atoms with Gasteiger partial charge < -0.3 is 10.4 Å². The van der Waals surface area contributed by atoms with Crippen LogP contribution in [0.1, 0.15) is 39.4 Å². The molecule has 2 unspecified atom stereocenters. The summed E-state index contributed by atoms with van der Waals surface area (Å²) in [6.07, 6.45) is 0. The summed E-state index contributed by atoms with van der Waals surface area (Å²) >= 11 is 0. The zero-order chi connectivity index (χ0) is 15.2. The maximum absolute atomic E-state index is 12.2. The maximum atomic E-state index is 12.2. The lowest BCUT2D eigenvalue weighted by Gasteiger charge is -2.07. The molecular formula is C14H21N3O3. The van der Waals surface area contributed by atoms with Crippen LogP contribution in [-0.4, -0.2) is 26.8 Å². The molecule has 110 valence electrons. The van der Waals surface area contributed by atoms with Crippen molar-refractivity contribution in [1.82, 2.24) is 9.78 Å². The number of carboxylic acids is 1. The standard InChI is InChI=1S/C14H21N3O3/c1-7(2)17-8(3)6-9(16-17)15-12(18)10-11(13(19)20)14(10,4)5/h6-7,10-11H,1-5H3,(H,19,20)(H,15,16,18). The van der Waals surface area contributed by atoms with Crippen LogP contribution in [0.3, 0.4) is 0 Å². The third-order valence-electron chi connectivity index (χ3n) is 4.04. The average Bonchev–Trinajstić information content (AvgIpc) is 2.68. The van der Waals surface area contributed by atoms with E-state index in [-0.39, 0.29) is 11.9 Å². The first-order valence-electron chi connectivity index (χ1n) is 6.76. The van der Waals surface area contributed by atoms with Crippen molar-refractivity contribution in [2.75, 3.05) is 5.32 Å². The van der Waals surface area contributed by atoms with Gasteiger partial charge in [-0.2, -0.15) is 5.10 Å². The molecule has 6 nitrogen and oxygen atoms in total. The Morgan fingerprint density at radius 1 is 1.40 bits per heavy atom. The molecule has 0 aromatic carbocycles. The second-order valence-corrected chi connectivity index (χ2v) is 6.31. The molecule has 2 N–H and O–H groups in total. The van der Waals surface area contributed by atoms with Crippen LogP contribution in [-0.2, 0) is 9.59 Å². The highest BCUT2D eigenvalue weighted by Crippen LogP contribution is 2.58. The van der Waals surface area contributed by atoms with Gasteiger partial charge in [-0.15, -0.1) is 0 Å². The molecule has 0 spiro atoms. The quantitative estimate of drug-likeness (QED) is 0.883. The van der Waals surface area contributed by atoms with E-state index < -0.39 is 23.2 Å². The zero-order valence-electron chi connectivity index (χ0n) is 12.5. The van der Waals surface area contributed by atoms with Gasteiger partial charge in [-0.25, -0.2) is 0 Å². The average molecular weight is 279 g/mol. The lowest BCUT2D eigenvalue weighted by molar-refractivity contribution is -0.140. The number of carboxylic acid groups (broad SMARTS) is 1. The lowest BCUT2D eigenvalue weighted by Crippen LogP contribution is -2.18. The number of hydrogen-bond acceptors (Lipinski definition) is 3. The van der Waals surface area contributed by atoms with Crippen molar-refractivity contribution in [3.8, 4) is 0 Å². The summed E-state index contributed by atoms with van der Waals surface area (Å²) in [6.45, 7) is 9.54. The predicted molar refractivity (Wildman–Crippen MR) is 74.4 cm³/mol. The molecule has 2 rings (SSSR count). The second kappa shape index (κ2) is 4.61. The van der Waals surface area contributed by atoms with E-state index in [1.807, 2.05) is 25.5 Å². The van der Waals surface area contributed by atoms with Gasteiger partial charge in [0, 0.05) is 17.8 Å². The Kier molecular flexibility index (Phi) is 3.36. The third-order valence-corrected chi connectivity index (χ3v) is 4.04. The van der Waals surface area contributed by atoms with Gasteiger partial charge in [-0.05, 0) is 26.2 Å². The molecule has 6 heteroatoms. The molecule has 2 atom stereocenters. The number of amides is 1. The zero-order valence-corrected chi connectivity index (χ0v) is 12.5. The van der Waals surface area contributed by atoms with E-state index in [0.717, 1.165) is 5.69 Å². The lowest BCUT2D eigenvalue weighted by atomic mass is 10.1. The molecule has 1 amide bonds. The van der Waals surface area contributed by atoms with Crippen LogP contribution < -0.4 is 5.32 Å². The first-order valence-corrected chi connectivity index (χ1v) is 6.76. The number of carbonyl (C=O) groups excluding carboxylic acids is 1. The molecule has 1 aliphatic rings. The van der Waals surface area contributed by atoms with Crippen molar-refractivity contribution in [2.24, 2.45) is 17.3 Å². The largest absolute Gasteiger partial charge is 0.481 e. The SMILES string of the molecule is Cc1cc(NC(=O)C2C(C(=O)O)C2(C)C)nn1C(C)C. The topological polar surface area (TPSA) is 84.2 Å². The van der Waals surface area contributed by atoms with Gasteiger partial charge in [0.1, 0.15) is 0 Å². The van der Waals surface area contributed by atoms with E-state index in [1.54, 1.807) is 19.9 Å².